The minimum absolute atomic E-state index is 0.0669. The number of amides is 2. The Morgan fingerprint density at radius 3 is 1.98 bits per heavy atom. The van der Waals surface area contributed by atoms with E-state index < -0.39 is 0 Å². The number of nitrogens with one attached hydrogen (secondary N) is 2. The molecule has 2 N–H and O–H groups in total. The summed E-state index contributed by atoms with van der Waals surface area (Å²) in [6.45, 7) is 11.3. The Hall–Kier alpha value is -3.64. The zero-order valence-corrected chi connectivity index (χ0v) is 28.2. The van der Waals surface area contributed by atoms with Crippen molar-refractivity contribution in [3.05, 3.63) is 53.6 Å². The Bertz CT molecular complexity index is 1540. The monoisotopic (exact) mass is 660 g/mol. The van der Waals surface area contributed by atoms with Gasteiger partial charge in [0.2, 0.25) is 0 Å². The molecule has 4 fully saturated rings. The predicted molar refractivity (Wildman–Crippen MR) is 188 cm³/mol. The third kappa shape index (κ3) is 7.28. The quantitative estimate of drug-likeness (QED) is 0.337. The van der Waals surface area contributed by atoms with E-state index in [4.69, 9.17) is 31.0 Å². The number of nitrogens with zero attached hydrogens (tertiary/aromatic N) is 6. The lowest BCUT2D eigenvalue weighted by Gasteiger charge is -2.39. The van der Waals surface area contributed by atoms with E-state index in [2.05, 4.69) is 63.3 Å². The van der Waals surface area contributed by atoms with E-state index >= 15 is 0 Å². The first-order valence-corrected chi connectivity index (χ1v) is 17.3. The van der Waals surface area contributed by atoms with Crippen LogP contribution in [0.2, 0.25) is 5.02 Å². The molecule has 1 aromatic heterocycles. The molecule has 0 spiro atoms. The largest absolute Gasteiger partial charge is 0.372 e. The summed E-state index contributed by atoms with van der Waals surface area (Å²) in [7, 11) is 2.15. The van der Waals surface area contributed by atoms with Crippen molar-refractivity contribution < 1.29 is 14.3 Å². The van der Waals surface area contributed by atoms with Gasteiger partial charge in [-0.1, -0.05) is 18.5 Å². The smallest absolute Gasteiger partial charge is 0.323 e. The average Bonchev–Trinajstić information content (AvgIpc) is 3.42. The first-order chi connectivity index (χ1) is 22.8. The van der Waals surface area contributed by atoms with Gasteiger partial charge in [0.25, 0.3) is 0 Å². The molecule has 0 saturated carbocycles. The van der Waals surface area contributed by atoms with Crippen molar-refractivity contribution in [1.29, 1.82) is 0 Å². The fourth-order valence-electron chi connectivity index (χ4n) is 7.02. The molecular formula is C35H45ClN8O3. The van der Waals surface area contributed by atoms with Crippen LogP contribution in [0, 0.1) is 0 Å². The van der Waals surface area contributed by atoms with Crippen LogP contribution in [-0.2, 0) is 9.47 Å². The number of hydrogen-bond donors (Lipinski definition) is 2. The van der Waals surface area contributed by atoms with Gasteiger partial charge in [0.1, 0.15) is 5.02 Å². The molecule has 4 aliphatic heterocycles. The van der Waals surface area contributed by atoms with E-state index in [1.54, 1.807) is 0 Å². The normalized spacial score (nSPS) is 24.8. The summed E-state index contributed by atoms with van der Waals surface area (Å²) in [5.41, 5.74) is 3.43. The summed E-state index contributed by atoms with van der Waals surface area (Å²) in [6, 6.07) is 15.4. The van der Waals surface area contributed by atoms with Gasteiger partial charge < -0.3 is 39.7 Å². The molecule has 5 heterocycles. The highest BCUT2D eigenvalue weighted by Gasteiger charge is 2.36. The highest BCUT2D eigenvalue weighted by molar-refractivity contribution is 6.35. The van der Waals surface area contributed by atoms with Crippen LogP contribution in [0.15, 0.2) is 48.5 Å². The molecule has 2 bridgehead atoms. The van der Waals surface area contributed by atoms with Crippen molar-refractivity contribution in [1.82, 2.24) is 14.9 Å². The zero-order valence-electron chi connectivity index (χ0n) is 27.5. The molecule has 3 aromatic rings. The summed E-state index contributed by atoms with van der Waals surface area (Å²) < 4.78 is 12.3. The van der Waals surface area contributed by atoms with Gasteiger partial charge in [-0.15, -0.1) is 0 Å². The minimum Gasteiger partial charge on any atom is -0.372 e. The number of morpholine rings is 2. The molecule has 2 amide bonds. The van der Waals surface area contributed by atoms with Gasteiger partial charge in [-0.05, 0) is 81.8 Å². The van der Waals surface area contributed by atoms with Crippen molar-refractivity contribution in [2.24, 2.45) is 0 Å². The number of piperazine rings is 1. The molecule has 7 rings (SSSR count). The van der Waals surface area contributed by atoms with Gasteiger partial charge in [0.05, 0.1) is 24.4 Å². The zero-order chi connectivity index (χ0) is 32.5. The third-order valence-electron chi connectivity index (χ3n) is 9.64. The molecule has 250 valence electrons. The standard InChI is InChI=1S/C35H45ClN8O3/c1-4-28-20-43(19-23(2)46-28)33-31(36)34(44-21-29-13-14-30(22-44)47-29)40-32(39-33)24-5-7-25(8-6-24)37-35(45)38-26-9-11-27(12-10-26)42-17-15-41(3)16-18-42/h5-12,23,28-30H,4,13-22H2,1-3H3,(H2,37,38,45). The number of fused-ring (bicyclic) bond motifs is 2. The molecule has 4 saturated heterocycles. The van der Waals surface area contributed by atoms with Crippen LogP contribution in [0.5, 0.6) is 0 Å². The van der Waals surface area contributed by atoms with Crippen molar-refractivity contribution >= 4 is 46.3 Å². The van der Waals surface area contributed by atoms with E-state index in [1.807, 2.05) is 36.4 Å². The first kappa shape index (κ1) is 31.9. The van der Waals surface area contributed by atoms with Gasteiger partial charge in [0.15, 0.2) is 17.5 Å². The van der Waals surface area contributed by atoms with E-state index in [9.17, 15) is 4.79 Å². The highest BCUT2D eigenvalue weighted by Crippen LogP contribution is 2.39. The SMILES string of the molecule is CCC1CN(c2nc(-c3ccc(NC(=O)Nc4ccc(N5CCN(C)CC5)cc4)cc3)nc(N3CC4CCC(C3)O4)c2Cl)CC(C)O1. The van der Waals surface area contributed by atoms with Gasteiger partial charge in [-0.3, -0.25) is 0 Å². The fourth-order valence-corrected chi connectivity index (χ4v) is 7.34. The highest BCUT2D eigenvalue weighted by atomic mass is 35.5. The molecule has 4 unspecified atom stereocenters. The molecule has 2 aromatic carbocycles. The number of urea groups is 1. The van der Waals surface area contributed by atoms with Crippen LogP contribution in [0.4, 0.5) is 33.5 Å². The van der Waals surface area contributed by atoms with E-state index in [0.29, 0.717) is 23.1 Å². The summed E-state index contributed by atoms with van der Waals surface area (Å²) in [5.74, 6) is 2.08. The Balaban J connectivity index is 1.07. The second-order valence-corrected chi connectivity index (χ2v) is 13.6. The van der Waals surface area contributed by atoms with Crippen LogP contribution >= 0.6 is 11.6 Å². The summed E-state index contributed by atoms with van der Waals surface area (Å²) in [4.78, 5) is 32.1. The van der Waals surface area contributed by atoms with Crippen LogP contribution in [0.3, 0.4) is 0 Å². The Morgan fingerprint density at radius 1 is 0.809 bits per heavy atom. The van der Waals surface area contributed by atoms with Crippen LogP contribution < -0.4 is 25.3 Å². The molecule has 12 heteroatoms. The molecule has 0 aliphatic carbocycles. The number of carbonyl (C=O) groups excluding carboxylic acids is 1. The maximum Gasteiger partial charge on any atom is 0.323 e. The number of rotatable bonds is 7. The molecular weight excluding hydrogens is 616 g/mol. The number of likely N-dealkylation sites (N-methyl/N-ethyl adjacent to an activating group) is 1. The Morgan fingerprint density at radius 2 is 1.38 bits per heavy atom. The second kappa shape index (κ2) is 13.8. The number of hydrogen-bond acceptors (Lipinski definition) is 9. The van der Waals surface area contributed by atoms with E-state index in [-0.39, 0.29) is 30.4 Å². The lowest BCUT2D eigenvalue weighted by Crippen LogP contribution is -2.47. The average molecular weight is 661 g/mol. The molecule has 47 heavy (non-hydrogen) atoms. The maximum absolute atomic E-state index is 12.9. The van der Waals surface area contributed by atoms with Crippen molar-refractivity contribution in [2.75, 3.05) is 84.7 Å². The first-order valence-electron chi connectivity index (χ1n) is 16.9. The van der Waals surface area contributed by atoms with E-state index in [1.165, 1.54) is 5.69 Å². The van der Waals surface area contributed by atoms with Crippen molar-refractivity contribution in [3.8, 4) is 11.4 Å². The minimum atomic E-state index is -0.300. The fraction of sp³-hybridized carbons (Fsp3) is 0.514. The third-order valence-corrected chi connectivity index (χ3v) is 9.97. The molecule has 11 nitrogen and oxygen atoms in total. The lowest BCUT2D eigenvalue weighted by molar-refractivity contribution is -0.0174. The van der Waals surface area contributed by atoms with Crippen LogP contribution in [0.25, 0.3) is 11.4 Å². The van der Waals surface area contributed by atoms with Gasteiger partial charge in [-0.2, -0.15) is 0 Å². The predicted octanol–water partition coefficient (Wildman–Crippen LogP) is 5.56. The summed E-state index contributed by atoms with van der Waals surface area (Å²) in [5, 5.41) is 6.47. The summed E-state index contributed by atoms with van der Waals surface area (Å²) in [6.07, 6.45) is 3.62. The number of ether oxygens (including phenoxy) is 2. The topological polar surface area (TPSA) is 98.3 Å². The van der Waals surface area contributed by atoms with E-state index in [0.717, 1.165) is 88.0 Å². The summed E-state index contributed by atoms with van der Waals surface area (Å²) >= 11 is 7.14. The Labute approximate surface area is 282 Å². The second-order valence-electron chi connectivity index (χ2n) is 13.2. The molecule has 4 aliphatic rings. The molecule has 4 atom stereocenters. The molecule has 0 radical (unpaired) electrons. The number of aromatic nitrogens is 2. The lowest BCUT2D eigenvalue weighted by atomic mass is 10.1. The van der Waals surface area contributed by atoms with Gasteiger partial charge in [0, 0.05) is 75.0 Å². The van der Waals surface area contributed by atoms with Gasteiger partial charge >= 0.3 is 6.03 Å². The number of halogens is 1. The van der Waals surface area contributed by atoms with Gasteiger partial charge in [-0.25, -0.2) is 14.8 Å². The van der Waals surface area contributed by atoms with Crippen LogP contribution in [0.1, 0.15) is 33.1 Å². The number of anilines is 5. The number of carbonyl (C=O) groups is 1. The van der Waals surface area contributed by atoms with Crippen LogP contribution in [-0.4, -0.2) is 105 Å². The maximum atomic E-state index is 12.9. The van der Waals surface area contributed by atoms with Crippen molar-refractivity contribution in [2.45, 2.75) is 57.5 Å². The van der Waals surface area contributed by atoms with Crippen molar-refractivity contribution in [3.63, 3.8) is 0 Å². The number of benzene rings is 2. The Kier molecular flexibility index (Phi) is 9.40.